The Kier molecular flexibility index (Phi) is 4.76. The first-order valence-electron chi connectivity index (χ1n) is 10.2. The smallest absolute Gasteiger partial charge is 0.308 e. The Bertz CT molecular complexity index is 621. The van der Waals surface area contributed by atoms with Gasteiger partial charge >= 0.3 is 11.9 Å². The minimum atomic E-state index is -1.01. The van der Waals surface area contributed by atoms with E-state index in [4.69, 9.17) is 24.4 Å². The van der Waals surface area contributed by atoms with E-state index in [0.717, 1.165) is 32.1 Å². The Hall–Kier alpha value is -1.18. The third kappa shape index (κ3) is 3.08. The number of esters is 1. The fourth-order valence-corrected chi connectivity index (χ4v) is 5.95. The highest BCUT2D eigenvalue weighted by Gasteiger charge is 2.68. The molecule has 1 N–H and O–H groups in total. The van der Waals surface area contributed by atoms with Crippen LogP contribution in [0.3, 0.4) is 0 Å². The molecule has 1 spiro atoms. The van der Waals surface area contributed by atoms with Gasteiger partial charge in [0.25, 0.3) is 0 Å². The number of hydrogen-bond acceptors (Lipinski definition) is 6. The van der Waals surface area contributed by atoms with Crippen molar-refractivity contribution >= 4 is 11.9 Å². The number of carboxylic acid groups (broad SMARTS) is 1. The van der Waals surface area contributed by atoms with Gasteiger partial charge in [-0.3, -0.25) is 9.59 Å². The van der Waals surface area contributed by atoms with Crippen molar-refractivity contribution in [3.63, 3.8) is 0 Å². The maximum absolute atomic E-state index is 12.1. The molecule has 3 saturated heterocycles. The van der Waals surface area contributed by atoms with E-state index in [9.17, 15) is 9.59 Å². The van der Waals surface area contributed by atoms with Gasteiger partial charge in [0.05, 0.1) is 18.9 Å². The summed E-state index contributed by atoms with van der Waals surface area (Å²) in [6.07, 6.45) is 3.62. The van der Waals surface area contributed by atoms with Crippen molar-refractivity contribution in [1.82, 2.24) is 0 Å². The summed E-state index contributed by atoms with van der Waals surface area (Å²) in [7, 11) is 0. The van der Waals surface area contributed by atoms with Crippen LogP contribution in [-0.4, -0.2) is 40.6 Å². The second kappa shape index (κ2) is 6.71. The molecule has 3 heterocycles. The van der Waals surface area contributed by atoms with E-state index in [1.165, 1.54) is 0 Å². The lowest BCUT2D eigenvalue weighted by molar-refractivity contribution is -0.494. The zero-order valence-corrected chi connectivity index (χ0v) is 16.3. The Labute approximate surface area is 159 Å². The molecule has 5 fully saturated rings. The molecule has 5 aliphatic rings. The van der Waals surface area contributed by atoms with Gasteiger partial charge in [-0.1, -0.05) is 13.8 Å². The molecule has 5 rings (SSSR count). The highest BCUT2D eigenvalue weighted by Crippen LogP contribution is 2.61. The predicted octanol–water partition coefficient (Wildman–Crippen LogP) is 3.06. The van der Waals surface area contributed by atoms with Crippen LogP contribution in [0.25, 0.3) is 0 Å². The van der Waals surface area contributed by atoms with Crippen LogP contribution in [0.1, 0.15) is 65.7 Å². The third-order valence-electron chi connectivity index (χ3n) is 7.42. The maximum Gasteiger partial charge on any atom is 0.308 e. The van der Waals surface area contributed by atoms with Crippen LogP contribution in [0.15, 0.2) is 0 Å². The van der Waals surface area contributed by atoms with Crippen molar-refractivity contribution in [3.05, 3.63) is 0 Å². The lowest BCUT2D eigenvalue weighted by Crippen LogP contribution is -2.69. The van der Waals surface area contributed by atoms with E-state index < -0.39 is 23.8 Å². The molecular formula is C20H30O7. The molecule has 0 aromatic heterocycles. The standard InChI is InChI=1S/C20H30O7/c1-11-4-5-14-12(2)18(25-17(23)7-6-16(21)22)24-15-10-19(3)9-8-13(11)20(14,15)27-26-19/h11-15,18H,4-10H2,1-3H3,(H,21,22)/t11-,12-,13+,14+,15-,18+,19+,20-/m1/s1. The summed E-state index contributed by atoms with van der Waals surface area (Å²) in [6.45, 7) is 6.39. The van der Waals surface area contributed by atoms with Gasteiger partial charge in [-0.2, -0.15) is 0 Å². The summed E-state index contributed by atoms with van der Waals surface area (Å²) in [6, 6.07) is 0. The molecule has 7 nitrogen and oxygen atoms in total. The average molecular weight is 382 g/mol. The predicted molar refractivity (Wildman–Crippen MR) is 93.3 cm³/mol. The first-order valence-corrected chi connectivity index (χ1v) is 10.2. The lowest BCUT2D eigenvalue weighted by Gasteiger charge is -2.60. The Balaban J connectivity index is 1.58. The molecule has 8 atom stereocenters. The van der Waals surface area contributed by atoms with Crippen LogP contribution in [-0.2, 0) is 28.8 Å². The fraction of sp³-hybridized carbons (Fsp3) is 0.900. The number of carbonyl (C=O) groups is 2. The van der Waals surface area contributed by atoms with Gasteiger partial charge in [0, 0.05) is 18.3 Å². The molecule has 0 radical (unpaired) electrons. The highest BCUT2D eigenvalue weighted by molar-refractivity contribution is 5.76. The normalized spacial score (nSPS) is 48.4. The largest absolute Gasteiger partial charge is 0.481 e. The molecule has 27 heavy (non-hydrogen) atoms. The number of fused-ring (bicyclic) bond motifs is 2. The molecule has 2 bridgehead atoms. The number of carbonyl (C=O) groups excluding carboxylic acids is 1. The van der Waals surface area contributed by atoms with Gasteiger partial charge in [0.2, 0.25) is 6.29 Å². The number of rotatable bonds is 4. The number of hydrogen-bond donors (Lipinski definition) is 1. The van der Waals surface area contributed by atoms with E-state index in [1.54, 1.807) is 0 Å². The average Bonchev–Trinajstić information content (AvgIpc) is 2.84. The van der Waals surface area contributed by atoms with Crippen LogP contribution >= 0.6 is 0 Å². The number of ether oxygens (including phenoxy) is 2. The van der Waals surface area contributed by atoms with Crippen LogP contribution in [0.5, 0.6) is 0 Å². The fourth-order valence-electron chi connectivity index (χ4n) is 5.95. The second-order valence-electron chi connectivity index (χ2n) is 9.22. The summed E-state index contributed by atoms with van der Waals surface area (Å²) >= 11 is 0. The topological polar surface area (TPSA) is 91.3 Å². The zero-order valence-electron chi connectivity index (χ0n) is 16.3. The zero-order chi connectivity index (χ0) is 19.4. The van der Waals surface area contributed by atoms with Crippen LogP contribution in [0, 0.1) is 23.7 Å². The van der Waals surface area contributed by atoms with Gasteiger partial charge in [0.1, 0.15) is 11.2 Å². The van der Waals surface area contributed by atoms with Gasteiger partial charge in [0.15, 0.2) is 0 Å². The van der Waals surface area contributed by atoms with E-state index in [0.29, 0.717) is 11.8 Å². The summed E-state index contributed by atoms with van der Waals surface area (Å²) in [4.78, 5) is 34.9. The number of aliphatic carboxylic acids is 1. The molecule has 7 heteroatoms. The SMILES string of the molecule is C[C@H]1[C@H](OC(=O)CCC(=O)O)O[C@@H]2C[C@]3(C)CC[C@H]4[C@H](C)CC[C@@H]1[C@@]24OO3. The Morgan fingerprint density at radius 3 is 2.63 bits per heavy atom. The van der Waals surface area contributed by atoms with Crippen molar-refractivity contribution in [1.29, 1.82) is 0 Å². The van der Waals surface area contributed by atoms with E-state index in [1.807, 2.05) is 6.92 Å². The molecule has 0 aromatic carbocycles. The first-order chi connectivity index (χ1) is 12.7. The molecule has 0 unspecified atom stereocenters. The van der Waals surface area contributed by atoms with Crippen LogP contribution in [0.2, 0.25) is 0 Å². The first kappa shape index (κ1) is 19.2. The summed E-state index contributed by atoms with van der Waals surface area (Å²) in [5.41, 5.74) is -0.854. The quantitative estimate of drug-likeness (QED) is 0.590. The lowest BCUT2D eigenvalue weighted by atomic mass is 9.56. The van der Waals surface area contributed by atoms with Crippen LogP contribution in [0.4, 0.5) is 0 Å². The molecular weight excluding hydrogens is 352 g/mol. The van der Waals surface area contributed by atoms with E-state index >= 15 is 0 Å². The van der Waals surface area contributed by atoms with Gasteiger partial charge in [-0.05, 0) is 44.4 Å². The molecule has 152 valence electrons. The molecule has 2 aliphatic carbocycles. The molecule has 3 aliphatic heterocycles. The minimum absolute atomic E-state index is 0.0314. The molecule has 0 aromatic rings. The Morgan fingerprint density at radius 1 is 1.11 bits per heavy atom. The summed E-state index contributed by atoms with van der Waals surface area (Å²) < 4.78 is 11.9. The van der Waals surface area contributed by atoms with E-state index in [2.05, 4.69) is 13.8 Å². The Morgan fingerprint density at radius 2 is 1.89 bits per heavy atom. The highest BCUT2D eigenvalue weighted by atomic mass is 17.2. The van der Waals surface area contributed by atoms with Gasteiger partial charge < -0.3 is 14.6 Å². The van der Waals surface area contributed by atoms with E-state index in [-0.39, 0.29) is 36.4 Å². The van der Waals surface area contributed by atoms with Crippen molar-refractivity contribution < 1.29 is 33.9 Å². The maximum atomic E-state index is 12.1. The molecule has 2 saturated carbocycles. The molecule has 0 amide bonds. The van der Waals surface area contributed by atoms with Gasteiger partial charge in [-0.15, -0.1) is 0 Å². The third-order valence-corrected chi connectivity index (χ3v) is 7.42. The summed E-state index contributed by atoms with van der Waals surface area (Å²) in [5, 5.41) is 8.78. The second-order valence-corrected chi connectivity index (χ2v) is 9.22. The van der Waals surface area contributed by atoms with Crippen molar-refractivity contribution in [2.24, 2.45) is 23.7 Å². The summed E-state index contributed by atoms with van der Waals surface area (Å²) in [5.74, 6) is -0.455. The van der Waals surface area contributed by atoms with Crippen molar-refractivity contribution in [2.75, 3.05) is 0 Å². The van der Waals surface area contributed by atoms with Crippen LogP contribution < -0.4 is 0 Å². The minimum Gasteiger partial charge on any atom is -0.481 e. The van der Waals surface area contributed by atoms with Crippen molar-refractivity contribution in [3.8, 4) is 0 Å². The van der Waals surface area contributed by atoms with Gasteiger partial charge in [-0.25, -0.2) is 9.78 Å². The number of carboxylic acids is 1. The van der Waals surface area contributed by atoms with Crippen molar-refractivity contribution in [2.45, 2.75) is 89.3 Å². The monoisotopic (exact) mass is 382 g/mol.